The van der Waals surface area contributed by atoms with Crippen molar-refractivity contribution in [2.45, 2.75) is 69.4 Å². The Hall–Kier alpha value is -3.75. The summed E-state index contributed by atoms with van der Waals surface area (Å²) in [5.74, 6) is -2.36. The number of rotatable bonds is 10. The van der Waals surface area contributed by atoms with Gasteiger partial charge in [-0.1, -0.05) is 105 Å². The molecule has 0 radical (unpaired) electrons. The van der Waals surface area contributed by atoms with Crippen LogP contribution in [0.25, 0.3) is 0 Å². The zero-order valence-electron chi connectivity index (χ0n) is 25.7. The van der Waals surface area contributed by atoms with E-state index in [4.69, 9.17) is 4.74 Å². The van der Waals surface area contributed by atoms with E-state index in [1.165, 1.54) is 0 Å². The van der Waals surface area contributed by atoms with Gasteiger partial charge >= 0.3 is 0 Å². The van der Waals surface area contributed by atoms with Crippen molar-refractivity contribution in [2.75, 3.05) is 26.2 Å². The molecule has 232 valence electrons. The topological polar surface area (TPSA) is 90.4 Å². The van der Waals surface area contributed by atoms with Crippen LogP contribution in [-0.4, -0.2) is 87.1 Å². The van der Waals surface area contributed by atoms with Gasteiger partial charge in [0.2, 0.25) is 17.7 Å². The third-order valence-electron chi connectivity index (χ3n) is 9.96. The Labute approximate surface area is 260 Å². The number of amides is 3. The zero-order chi connectivity index (χ0) is 30.9. The van der Waals surface area contributed by atoms with Crippen molar-refractivity contribution in [3.63, 3.8) is 0 Å². The Morgan fingerprint density at radius 1 is 0.841 bits per heavy atom. The van der Waals surface area contributed by atoms with E-state index in [2.05, 4.69) is 6.92 Å². The Morgan fingerprint density at radius 2 is 1.50 bits per heavy atom. The normalized spacial score (nSPS) is 30.2. The molecule has 4 aliphatic heterocycles. The molecule has 2 saturated heterocycles. The van der Waals surface area contributed by atoms with Crippen LogP contribution >= 0.6 is 0 Å². The number of carbonyl (C=O) groups excluding carboxylic acids is 3. The van der Waals surface area contributed by atoms with Crippen LogP contribution in [-0.2, 0) is 32.1 Å². The van der Waals surface area contributed by atoms with Crippen molar-refractivity contribution < 1.29 is 24.2 Å². The first kappa shape index (κ1) is 30.3. The van der Waals surface area contributed by atoms with E-state index < -0.39 is 35.1 Å². The molecule has 0 saturated carbocycles. The maximum atomic E-state index is 14.9. The second-order valence-corrected chi connectivity index (χ2v) is 12.5. The molecule has 2 fully saturated rings. The maximum Gasteiger partial charge on any atom is 0.249 e. The van der Waals surface area contributed by atoms with E-state index in [9.17, 15) is 19.5 Å². The van der Waals surface area contributed by atoms with Crippen LogP contribution in [0.1, 0.15) is 44.2 Å². The van der Waals surface area contributed by atoms with E-state index in [-0.39, 0.29) is 24.3 Å². The van der Waals surface area contributed by atoms with Gasteiger partial charge in [-0.05, 0) is 30.4 Å². The van der Waals surface area contributed by atoms with Crippen molar-refractivity contribution in [3.05, 3.63) is 96.1 Å². The van der Waals surface area contributed by atoms with Crippen LogP contribution in [0.5, 0.6) is 0 Å². The molecule has 4 heterocycles. The quantitative estimate of drug-likeness (QED) is 0.422. The summed E-state index contributed by atoms with van der Waals surface area (Å²) in [6.45, 7) is 5.54. The van der Waals surface area contributed by atoms with Crippen LogP contribution in [0.4, 0.5) is 0 Å². The average Bonchev–Trinajstić information content (AvgIpc) is 3.35. The minimum absolute atomic E-state index is 0.145. The van der Waals surface area contributed by atoms with Gasteiger partial charge in [0.05, 0.1) is 30.1 Å². The molecule has 2 aromatic carbocycles. The van der Waals surface area contributed by atoms with Crippen LogP contribution in [0.3, 0.4) is 0 Å². The first-order valence-electron chi connectivity index (χ1n) is 16.0. The van der Waals surface area contributed by atoms with Gasteiger partial charge in [0, 0.05) is 26.2 Å². The maximum absolute atomic E-state index is 14.9. The standard InChI is InChI=1S/C36H43N3O5/c1-3-5-20-37-21-13-19-36-30(33(42)39(31(36)34(37)43)28(25-40)23-26-14-8-6-9-15-26)29-32(41)38(24-27-16-10-7-11-17-27)22-12-18-35(29,4-2)44-36/h6-19,28-31,40H,3-5,20-25H2,1-2H3/t28-,29-,30+,31?,35+,36+/m1/s1. The van der Waals surface area contributed by atoms with Crippen molar-refractivity contribution >= 4 is 17.7 Å². The highest BCUT2D eigenvalue weighted by Crippen LogP contribution is 2.59. The van der Waals surface area contributed by atoms with Crippen LogP contribution < -0.4 is 0 Å². The number of aliphatic hydroxyl groups is 1. The van der Waals surface area contributed by atoms with Gasteiger partial charge in [0.15, 0.2) is 0 Å². The Balaban J connectivity index is 1.45. The molecule has 0 bridgehead atoms. The lowest BCUT2D eigenvalue weighted by Gasteiger charge is -2.41. The summed E-state index contributed by atoms with van der Waals surface area (Å²) < 4.78 is 7.10. The molecular formula is C36H43N3O5. The Kier molecular flexibility index (Phi) is 8.49. The van der Waals surface area contributed by atoms with Crippen molar-refractivity contribution in [2.24, 2.45) is 11.8 Å². The Morgan fingerprint density at radius 3 is 2.16 bits per heavy atom. The summed E-state index contributed by atoms with van der Waals surface area (Å²) in [7, 11) is 0. The highest BCUT2D eigenvalue weighted by molar-refractivity contribution is 6.00. The third kappa shape index (κ3) is 4.98. The summed E-state index contributed by atoms with van der Waals surface area (Å²) in [4.78, 5) is 49.3. The molecule has 1 unspecified atom stereocenters. The number of nitrogens with zero attached hydrogens (tertiary/aromatic N) is 3. The number of hydrogen-bond acceptors (Lipinski definition) is 5. The molecule has 4 aliphatic rings. The number of aliphatic hydroxyl groups excluding tert-OH is 1. The third-order valence-corrected chi connectivity index (χ3v) is 9.96. The predicted molar refractivity (Wildman–Crippen MR) is 167 cm³/mol. The number of unbranched alkanes of at least 4 members (excludes halogenated alkanes) is 1. The lowest BCUT2D eigenvalue weighted by molar-refractivity contribution is -0.157. The summed E-state index contributed by atoms with van der Waals surface area (Å²) in [5, 5.41) is 10.7. The molecule has 6 atom stereocenters. The molecule has 8 heteroatoms. The van der Waals surface area contributed by atoms with Crippen LogP contribution in [0.15, 0.2) is 85.0 Å². The molecular weight excluding hydrogens is 554 g/mol. The van der Waals surface area contributed by atoms with Crippen molar-refractivity contribution in [3.8, 4) is 0 Å². The first-order chi connectivity index (χ1) is 21.4. The molecule has 8 nitrogen and oxygen atoms in total. The lowest BCUT2D eigenvalue weighted by Crippen LogP contribution is -2.59. The van der Waals surface area contributed by atoms with E-state index in [1.54, 1.807) is 14.7 Å². The van der Waals surface area contributed by atoms with Crippen LogP contribution in [0.2, 0.25) is 0 Å². The van der Waals surface area contributed by atoms with Gasteiger partial charge in [-0.3, -0.25) is 14.4 Å². The number of carbonyl (C=O) groups is 3. The first-order valence-corrected chi connectivity index (χ1v) is 16.0. The van der Waals surface area contributed by atoms with Gasteiger partial charge in [-0.25, -0.2) is 0 Å². The fraction of sp³-hybridized carbons (Fsp3) is 0.472. The largest absolute Gasteiger partial charge is 0.394 e. The van der Waals surface area contributed by atoms with Gasteiger partial charge in [0.1, 0.15) is 11.6 Å². The molecule has 0 aromatic heterocycles. The molecule has 44 heavy (non-hydrogen) atoms. The number of hydrogen-bond donors (Lipinski definition) is 1. The van der Waals surface area contributed by atoms with Gasteiger partial charge in [0.25, 0.3) is 0 Å². The molecule has 1 spiro atoms. The van der Waals surface area contributed by atoms with Gasteiger partial charge < -0.3 is 24.5 Å². The van der Waals surface area contributed by atoms with E-state index in [0.29, 0.717) is 39.0 Å². The summed E-state index contributed by atoms with van der Waals surface area (Å²) in [5.41, 5.74) is -0.417. The Bertz CT molecular complexity index is 1430. The highest BCUT2D eigenvalue weighted by atomic mass is 16.5. The summed E-state index contributed by atoms with van der Waals surface area (Å²) >= 11 is 0. The number of ether oxygens (including phenoxy) is 1. The predicted octanol–water partition coefficient (Wildman–Crippen LogP) is 3.75. The minimum atomic E-state index is -1.34. The SMILES string of the molecule is CCCCN1CC=C[C@]23O[C@@]4(CC)C=CCN(Cc5ccccc5)C(=O)[C@H]4[C@H]2C(=O)N([C@@H](CO)Cc2ccccc2)C3C1=O. The zero-order valence-corrected chi connectivity index (χ0v) is 25.7. The highest BCUT2D eigenvalue weighted by Gasteiger charge is 2.75. The molecule has 6 rings (SSSR count). The number of benzene rings is 2. The summed E-state index contributed by atoms with van der Waals surface area (Å²) in [6, 6.07) is 17.9. The van der Waals surface area contributed by atoms with E-state index in [1.807, 2.05) is 91.9 Å². The second-order valence-electron chi connectivity index (χ2n) is 12.5. The molecule has 1 N–H and O–H groups in total. The van der Waals surface area contributed by atoms with Gasteiger partial charge in [-0.15, -0.1) is 0 Å². The second kappa shape index (κ2) is 12.3. The molecule has 0 aliphatic carbocycles. The van der Waals surface area contributed by atoms with E-state index in [0.717, 1.165) is 24.0 Å². The molecule has 3 amide bonds. The summed E-state index contributed by atoms with van der Waals surface area (Å²) in [6.07, 6.45) is 10.4. The molecule has 2 aromatic rings. The fourth-order valence-corrected chi connectivity index (χ4v) is 7.82. The fourth-order valence-electron chi connectivity index (χ4n) is 7.82. The minimum Gasteiger partial charge on any atom is -0.394 e. The average molecular weight is 598 g/mol. The smallest absolute Gasteiger partial charge is 0.249 e. The van der Waals surface area contributed by atoms with Crippen LogP contribution in [0, 0.1) is 11.8 Å². The van der Waals surface area contributed by atoms with Gasteiger partial charge in [-0.2, -0.15) is 0 Å². The van der Waals surface area contributed by atoms with Crippen molar-refractivity contribution in [1.29, 1.82) is 0 Å². The number of fused-ring (bicyclic) bond motifs is 2. The van der Waals surface area contributed by atoms with E-state index >= 15 is 0 Å². The monoisotopic (exact) mass is 597 g/mol. The number of likely N-dealkylation sites (tertiary alicyclic amines) is 1. The lowest BCUT2D eigenvalue weighted by atomic mass is 9.73. The van der Waals surface area contributed by atoms with Crippen molar-refractivity contribution in [1.82, 2.24) is 14.7 Å².